The second-order valence-corrected chi connectivity index (χ2v) is 8.78. The van der Waals surface area contributed by atoms with Crippen molar-refractivity contribution in [3.63, 3.8) is 0 Å². The third kappa shape index (κ3) is 5.15. The number of rotatable bonds is 8. The summed E-state index contributed by atoms with van der Waals surface area (Å²) < 4.78 is 27.2. The first-order valence-corrected chi connectivity index (χ1v) is 11.6. The van der Waals surface area contributed by atoms with Crippen molar-refractivity contribution in [3.8, 4) is 0 Å². The second-order valence-electron chi connectivity index (χ2n) is 6.84. The minimum atomic E-state index is -3.59. The molecule has 0 atom stereocenters. The second kappa shape index (κ2) is 10.1. The maximum atomic E-state index is 12.9. The molecule has 0 unspecified atom stereocenters. The maximum Gasteiger partial charge on any atom is 0.319 e. The Morgan fingerprint density at radius 3 is 2.32 bits per heavy atom. The summed E-state index contributed by atoms with van der Waals surface area (Å²) in [6.07, 6.45) is 0. The van der Waals surface area contributed by atoms with Crippen molar-refractivity contribution in [2.24, 2.45) is 0 Å². The van der Waals surface area contributed by atoms with Crippen LogP contribution < -0.4 is 20.4 Å². The molecule has 158 valence electrons. The van der Waals surface area contributed by atoms with Crippen LogP contribution in [0.4, 0.5) is 16.2 Å². The van der Waals surface area contributed by atoms with E-state index in [0.717, 1.165) is 38.4 Å². The summed E-state index contributed by atoms with van der Waals surface area (Å²) in [5.41, 5.74) is 1.39. The average Bonchev–Trinajstić information content (AvgIpc) is 2.69. The van der Waals surface area contributed by atoms with Crippen molar-refractivity contribution in [1.29, 1.82) is 0 Å². The van der Waals surface area contributed by atoms with Crippen LogP contribution in [-0.4, -0.2) is 71.1 Å². The molecule has 1 saturated heterocycles. The molecule has 0 saturated carbocycles. The molecule has 28 heavy (non-hydrogen) atoms. The van der Waals surface area contributed by atoms with E-state index in [-0.39, 0.29) is 10.9 Å². The van der Waals surface area contributed by atoms with Gasteiger partial charge in [0.1, 0.15) is 0 Å². The first-order valence-electron chi connectivity index (χ1n) is 10.1. The van der Waals surface area contributed by atoms with E-state index in [1.807, 2.05) is 26.8 Å². The van der Waals surface area contributed by atoms with E-state index >= 15 is 0 Å². The number of nitrogens with one attached hydrogen (secondary N) is 3. The molecular formula is C19H34N5O3S+. The van der Waals surface area contributed by atoms with E-state index in [1.165, 1.54) is 4.31 Å². The number of hydrogen-bond donors (Lipinski definition) is 3. The number of urea groups is 1. The smallest absolute Gasteiger partial charge is 0.319 e. The van der Waals surface area contributed by atoms with Crippen LogP contribution in [0.5, 0.6) is 0 Å². The first kappa shape index (κ1) is 22.4. The summed E-state index contributed by atoms with van der Waals surface area (Å²) in [5.74, 6) is 0. The zero-order chi connectivity index (χ0) is 20.7. The Morgan fingerprint density at radius 2 is 1.79 bits per heavy atom. The van der Waals surface area contributed by atoms with E-state index in [2.05, 4.69) is 22.5 Å². The minimum Gasteiger partial charge on any atom is -0.359 e. The molecule has 1 fully saturated rings. The van der Waals surface area contributed by atoms with E-state index in [9.17, 15) is 13.2 Å². The van der Waals surface area contributed by atoms with Gasteiger partial charge in [0.25, 0.3) is 0 Å². The number of quaternary nitrogens is 1. The van der Waals surface area contributed by atoms with Crippen LogP contribution in [0.2, 0.25) is 0 Å². The topological polar surface area (TPSA) is 86.2 Å². The average molecular weight is 413 g/mol. The number of likely N-dealkylation sites (N-methyl/N-ethyl adjacent to an activating group) is 1. The summed E-state index contributed by atoms with van der Waals surface area (Å²) in [6, 6.07) is 4.70. The number of nitrogens with zero attached hydrogens (tertiary/aromatic N) is 2. The lowest BCUT2D eigenvalue weighted by atomic mass is 10.2. The highest BCUT2D eigenvalue weighted by atomic mass is 32.2. The highest BCUT2D eigenvalue weighted by Crippen LogP contribution is 2.30. The number of piperazine rings is 1. The Labute approximate surface area is 168 Å². The predicted octanol–water partition coefficient (Wildman–Crippen LogP) is 0.583. The number of hydrogen-bond acceptors (Lipinski definition) is 4. The monoisotopic (exact) mass is 412 g/mol. The number of amides is 2. The quantitative estimate of drug-likeness (QED) is 0.583. The molecule has 1 aliphatic heterocycles. The van der Waals surface area contributed by atoms with Gasteiger partial charge in [-0.2, -0.15) is 4.31 Å². The minimum absolute atomic E-state index is 0.199. The van der Waals surface area contributed by atoms with Crippen LogP contribution >= 0.6 is 0 Å². The lowest BCUT2D eigenvalue weighted by Gasteiger charge is -2.34. The number of sulfonamides is 1. The molecule has 0 aromatic heterocycles. The Hall–Kier alpha value is -1.84. The van der Waals surface area contributed by atoms with Gasteiger partial charge in [0.15, 0.2) is 0 Å². The predicted molar refractivity (Wildman–Crippen MR) is 113 cm³/mol. The fourth-order valence-corrected chi connectivity index (χ4v) is 4.99. The molecule has 1 aromatic rings. The summed E-state index contributed by atoms with van der Waals surface area (Å²) >= 11 is 0. The third-order valence-electron chi connectivity index (χ3n) is 5.21. The van der Waals surface area contributed by atoms with Crippen LogP contribution in [0.25, 0.3) is 0 Å². The normalized spacial score (nSPS) is 15.7. The van der Waals surface area contributed by atoms with E-state index in [4.69, 9.17) is 0 Å². The molecule has 1 aromatic carbocycles. The van der Waals surface area contributed by atoms with Crippen molar-refractivity contribution in [1.82, 2.24) is 9.62 Å². The molecule has 1 aliphatic rings. The van der Waals surface area contributed by atoms with Crippen molar-refractivity contribution < 1.29 is 18.1 Å². The van der Waals surface area contributed by atoms with Crippen LogP contribution in [-0.2, 0) is 10.0 Å². The van der Waals surface area contributed by atoms with Crippen LogP contribution in [0.3, 0.4) is 0 Å². The standard InChI is InChI=1S/C19H33N5O3S/c1-5-20-19(25)21-17-15-16(28(26,27)24(7-3)8-4)9-10-18(17)23-13-11-22(6-2)12-14-23/h9-10,15H,5-8,11-14H2,1-4H3,(H2,20,21,25)/p+1. The molecular weight excluding hydrogens is 378 g/mol. The molecule has 2 rings (SSSR count). The van der Waals surface area contributed by atoms with Gasteiger partial charge in [-0.1, -0.05) is 13.8 Å². The zero-order valence-corrected chi connectivity index (χ0v) is 18.2. The van der Waals surface area contributed by atoms with E-state index < -0.39 is 10.0 Å². The Kier molecular flexibility index (Phi) is 8.09. The SMILES string of the molecule is CCNC(=O)Nc1cc(S(=O)(=O)N(CC)CC)ccc1N1CC[NH+](CC)CC1. The molecule has 0 bridgehead atoms. The van der Waals surface area contributed by atoms with Gasteiger partial charge in [-0.25, -0.2) is 13.2 Å². The summed E-state index contributed by atoms with van der Waals surface area (Å²) in [5, 5.41) is 5.55. The molecule has 0 spiro atoms. The Bertz CT molecular complexity index is 757. The molecule has 1 heterocycles. The van der Waals surface area contributed by atoms with Crippen LogP contribution in [0, 0.1) is 0 Å². The number of carbonyl (C=O) groups excluding carboxylic acids is 1. The van der Waals surface area contributed by atoms with Gasteiger partial charge >= 0.3 is 6.03 Å². The molecule has 0 aliphatic carbocycles. The highest BCUT2D eigenvalue weighted by molar-refractivity contribution is 7.89. The van der Waals surface area contributed by atoms with Gasteiger partial charge in [-0.05, 0) is 32.0 Å². The molecule has 3 N–H and O–H groups in total. The third-order valence-corrected chi connectivity index (χ3v) is 7.25. The molecule has 9 heteroatoms. The fourth-order valence-electron chi connectivity index (χ4n) is 3.51. The molecule has 0 radical (unpaired) electrons. The Morgan fingerprint density at radius 1 is 1.14 bits per heavy atom. The lowest BCUT2D eigenvalue weighted by molar-refractivity contribution is -0.898. The van der Waals surface area contributed by atoms with Gasteiger partial charge in [0, 0.05) is 19.6 Å². The van der Waals surface area contributed by atoms with Gasteiger partial charge in [0.2, 0.25) is 10.0 Å². The van der Waals surface area contributed by atoms with Crippen molar-refractivity contribution in [3.05, 3.63) is 18.2 Å². The van der Waals surface area contributed by atoms with Crippen molar-refractivity contribution in [2.75, 3.05) is 62.6 Å². The number of anilines is 2. The number of carbonyl (C=O) groups is 1. The highest BCUT2D eigenvalue weighted by Gasteiger charge is 2.26. The van der Waals surface area contributed by atoms with Gasteiger partial charge in [-0.15, -0.1) is 0 Å². The van der Waals surface area contributed by atoms with E-state index in [1.54, 1.807) is 17.0 Å². The first-order chi connectivity index (χ1) is 13.4. The molecule has 2 amide bonds. The summed E-state index contributed by atoms with van der Waals surface area (Å²) in [6.45, 7) is 13.9. The van der Waals surface area contributed by atoms with Crippen molar-refractivity contribution in [2.45, 2.75) is 32.6 Å². The largest absolute Gasteiger partial charge is 0.359 e. The maximum absolute atomic E-state index is 12.9. The van der Waals surface area contributed by atoms with Gasteiger partial charge in [-0.3, -0.25) is 0 Å². The molecule has 8 nitrogen and oxygen atoms in total. The van der Waals surface area contributed by atoms with Crippen molar-refractivity contribution >= 4 is 27.4 Å². The fraction of sp³-hybridized carbons (Fsp3) is 0.632. The van der Waals surface area contributed by atoms with E-state index in [0.29, 0.717) is 25.3 Å². The van der Waals surface area contributed by atoms with Crippen LogP contribution in [0.15, 0.2) is 23.1 Å². The number of benzene rings is 1. The lowest BCUT2D eigenvalue weighted by Crippen LogP contribution is -3.14. The van der Waals surface area contributed by atoms with Crippen LogP contribution in [0.1, 0.15) is 27.7 Å². The van der Waals surface area contributed by atoms with Gasteiger partial charge in [0.05, 0.1) is 49.0 Å². The zero-order valence-electron chi connectivity index (χ0n) is 17.4. The Balaban J connectivity index is 2.38. The summed E-state index contributed by atoms with van der Waals surface area (Å²) in [4.78, 5) is 16.1. The summed E-state index contributed by atoms with van der Waals surface area (Å²) in [7, 11) is -3.59. The van der Waals surface area contributed by atoms with Gasteiger partial charge < -0.3 is 20.4 Å².